The number of nitrogens with one attached hydrogen (secondary N) is 1. The number of amides is 2. The number of hydrogen-bond donors (Lipinski definition) is 1. The van der Waals surface area contributed by atoms with E-state index >= 15 is 0 Å². The third-order valence-electron chi connectivity index (χ3n) is 5.25. The van der Waals surface area contributed by atoms with Crippen molar-refractivity contribution in [3.05, 3.63) is 48.8 Å². The standard InChI is InChI=1S/C22H28N6O2/c1-17(2)28-21-18(15-24-28)14-19(16-23-21)25-22(29)27-10-8-26(9-11-27)12-13-30-20-6-4-3-5-7-20/h3-7,14-17H,8-13H2,1-2H3,(H,25,29). The van der Waals surface area contributed by atoms with Gasteiger partial charge in [0.15, 0.2) is 5.65 Å². The highest BCUT2D eigenvalue weighted by Gasteiger charge is 2.21. The van der Waals surface area contributed by atoms with Gasteiger partial charge in [-0.3, -0.25) is 4.90 Å². The van der Waals surface area contributed by atoms with Crippen molar-refractivity contribution in [3.8, 4) is 5.75 Å². The van der Waals surface area contributed by atoms with Crippen molar-refractivity contribution >= 4 is 22.8 Å². The molecular weight excluding hydrogens is 380 g/mol. The van der Waals surface area contributed by atoms with Crippen LogP contribution >= 0.6 is 0 Å². The van der Waals surface area contributed by atoms with Gasteiger partial charge in [0.1, 0.15) is 12.4 Å². The maximum absolute atomic E-state index is 12.6. The average Bonchev–Trinajstić information content (AvgIpc) is 3.18. The Kier molecular flexibility index (Phi) is 6.13. The largest absolute Gasteiger partial charge is 0.492 e. The molecule has 4 rings (SSSR count). The molecule has 1 saturated heterocycles. The highest BCUT2D eigenvalue weighted by Crippen LogP contribution is 2.19. The van der Waals surface area contributed by atoms with Gasteiger partial charge >= 0.3 is 6.03 Å². The second-order valence-electron chi connectivity index (χ2n) is 7.74. The molecule has 8 heteroatoms. The molecule has 3 heterocycles. The molecule has 3 aromatic rings. The predicted octanol–water partition coefficient (Wildman–Crippen LogP) is 3.24. The summed E-state index contributed by atoms with van der Waals surface area (Å²) in [6.07, 6.45) is 3.48. The molecule has 30 heavy (non-hydrogen) atoms. The van der Waals surface area contributed by atoms with E-state index in [1.54, 1.807) is 12.4 Å². The van der Waals surface area contributed by atoms with Crippen LogP contribution in [-0.4, -0.2) is 69.9 Å². The summed E-state index contributed by atoms with van der Waals surface area (Å²) >= 11 is 0. The summed E-state index contributed by atoms with van der Waals surface area (Å²) in [6.45, 7) is 8.69. The molecule has 0 atom stereocenters. The Hall–Kier alpha value is -3.13. The number of piperazine rings is 1. The van der Waals surface area contributed by atoms with Gasteiger partial charge in [-0.2, -0.15) is 5.10 Å². The third-order valence-corrected chi connectivity index (χ3v) is 5.25. The van der Waals surface area contributed by atoms with Crippen molar-refractivity contribution in [3.63, 3.8) is 0 Å². The summed E-state index contributed by atoms with van der Waals surface area (Å²) in [5.41, 5.74) is 1.52. The number of hydrogen-bond acceptors (Lipinski definition) is 5. The van der Waals surface area contributed by atoms with E-state index < -0.39 is 0 Å². The van der Waals surface area contributed by atoms with Crippen molar-refractivity contribution in [1.29, 1.82) is 0 Å². The first-order valence-corrected chi connectivity index (χ1v) is 10.4. The molecule has 1 N–H and O–H groups in total. The van der Waals surface area contributed by atoms with Crippen molar-refractivity contribution in [2.24, 2.45) is 0 Å². The zero-order valence-electron chi connectivity index (χ0n) is 17.5. The van der Waals surface area contributed by atoms with Crippen LogP contribution in [0.3, 0.4) is 0 Å². The van der Waals surface area contributed by atoms with Gasteiger partial charge < -0.3 is 15.0 Å². The molecule has 8 nitrogen and oxygen atoms in total. The molecule has 158 valence electrons. The van der Waals surface area contributed by atoms with Crippen LogP contribution in [0.2, 0.25) is 0 Å². The fourth-order valence-corrected chi connectivity index (χ4v) is 3.57. The van der Waals surface area contributed by atoms with Crippen LogP contribution in [0.4, 0.5) is 10.5 Å². The molecule has 0 bridgehead atoms. The summed E-state index contributed by atoms with van der Waals surface area (Å²) in [7, 11) is 0. The minimum Gasteiger partial charge on any atom is -0.492 e. The monoisotopic (exact) mass is 408 g/mol. The van der Waals surface area contributed by atoms with E-state index in [4.69, 9.17) is 4.74 Å². The summed E-state index contributed by atoms with van der Waals surface area (Å²) in [4.78, 5) is 21.3. The molecule has 2 aromatic heterocycles. The molecule has 0 radical (unpaired) electrons. The van der Waals surface area contributed by atoms with Crippen molar-refractivity contribution in [1.82, 2.24) is 24.6 Å². The summed E-state index contributed by atoms with van der Waals surface area (Å²) in [5.74, 6) is 0.889. The van der Waals surface area contributed by atoms with Gasteiger partial charge in [-0.05, 0) is 32.0 Å². The lowest BCUT2D eigenvalue weighted by atomic mass is 10.3. The number of carbonyl (C=O) groups excluding carboxylic acids is 1. The first-order chi connectivity index (χ1) is 14.6. The summed E-state index contributed by atoms with van der Waals surface area (Å²) < 4.78 is 7.64. The number of nitrogens with zero attached hydrogens (tertiary/aromatic N) is 5. The van der Waals surface area contributed by atoms with Gasteiger partial charge in [-0.1, -0.05) is 18.2 Å². The molecule has 0 saturated carbocycles. The fraction of sp³-hybridized carbons (Fsp3) is 0.409. The highest BCUT2D eigenvalue weighted by atomic mass is 16.5. The van der Waals surface area contributed by atoms with E-state index in [-0.39, 0.29) is 12.1 Å². The maximum atomic E-state index is 12.6. The SMILES string of the molecule is CC(C)n1ncc2cc(NC(=O)N3CCN(CCOc4ccccc4)CC3)cnc21. The average molecular weight is 409 g/mol. The van der Waals surface area contributed by atoms with E-state index in [1.165, 1.54) is 0 Å². The zero-order valence-corrected chi connectivity index (χ0v) is 17.5. The van der Waals surface area contributed by atoms with Gasteiger partial charge in [0.05, 0.1) is 18.1 Å². The van der Waals surface area contributed by atoms with Gasteiger partial charge in [-0.25, -0.2) is 14.5 Å². The number of anilines is 1. The van der Waals surface area contributed by atoms with Crippen molar-refractivity contribution < 1.29 is 9.53 Å². The lowest BCUT2D eigenvalue weighted by Gasteiger charge is -2.34. The van der Waals surface area contributed by atoms with Crippen LogP contribution in [0.5, 0.6) is 5.75 Å². The number of ether oxygens (including phenoxy) is 1. The Bertz CT molecular complexity index is 980. The van der Waals surface area contributed by atoms with Crippen LogP contribution in [0.25, 0.3) is 11.0 Å². The summed E-state index contributed by atoms with van der Waals surface area (Å²) in [5, 5.41) is 8.26. The molecule has 0 aliphatic carbocycles. The Morgan fingerprint density at radius 3 is 2.63 bits per heavy atom. The number of para-hydroxylation sites is 1. The van der Waals surface area contributed by atoms with E-state index in [1.807, 2.05) is 46.0 Å². The van der Waals surface area contributed by atoms with E-state index in [0.717, 1.165) is 36.4 Å². The molecular formula is C22H28N6O2. The van der Waals surface area contributed by atoms with Crippen LogP contribution in [-0.2, 0) is 0 Å². The molecule has 1 aliphatic heterocycles. The van der Waals surface area contributed by atoms with Crippen LogP contribution < -0.4 is 10.1 Å². The topological polar surface area (TPSA) is 75.5 Å². The lowest BCUT2D eigenvalue weighted by Crippen LogP contribution is -2.50. The Labute approximate surface area is 176 Å². The Morgan fingerprint density at radius 1 is 1.13 bits per heavy atom. The molecule has 0 spiro atoms. The first-order valence-electron chi connectivity index (χ1n) is 10.4. The molecule has 2 amide bonds. The van der Waals surface area contributed by atoms with Crippen molar-refractivity contribution in [2.45, 2.75) is 19.9 Å². The minimum absolute atomic E-state index is 0.0902. The smallest absolute Gasteiger partial charge is 0.321 e. The first kappa shape index (κ1) is 20.2. The molecule has 1 aromatic carbocycles. The van der Waals surface area contributed by atoms with E-state index in [0.29, 0.717) is 25.4 Å². The van der Waals surface area contributed by atoms with Crippen LogP contribution in [0.1, 0.15) is 19.9 Å². The Balaban J connectivity index is 1.25. The zero-order chi connectivity index (χ0) is 20.9. The number of urea groups is 1. The number of benzene rings is 1. The van der Waals surface area contributed by atoms with Gasteiger partial charge in [-0.15, -0.1) is 0 Å². The quantitative estimate of drug-likeness (QED) is 0.678. The Morgan fingerprint density at radius 2 is 1.90 bits per heavy atom. The summed E-state index contributed by atoms with van der Waals surface area (Å²) in [6, 6.07) is 11.9. The normalized spacial score (nSPS) is 15.0. The van der Waals surface area contributed by atoms with Crippen LogP contribution in [0, 0.1) is 0 Å². The van der Waals surface area contributed by atoms with Gasteiger partial charge in [0.2, 0.25) is 0 Å². The third kappa shape index (κ3) is 4.71. The van der Waals surface area contributed by atoms with Crippen LogP contribution in [0.15, 0.2) is 48.8 Å². The fourth-order valence-electron chi connectivity index (χ4n) is 3.57. The molecule has 0 unspecified atom stereocenters. The lowest BCUT2D eigenvalue weighted by molar-refractivity contribution is 0.132. The van der Waals surface area contributed by atoms with Gasteiger partial charge in [0.25, 0.3) is 0 Å². The predicted molar refractivity (Wildman–Crippen MR) is 117 cm³/mol. The second-order valence-corrected chi connectivity index (χ2v) is 7.74. The second kappa shape index (κ2) is 9.13. The van der Waals surface area contributed by atoms with E-state index in [2.05, 4.69) is 34.1 Å². The minimum atomic E-state index is -0.0902. The number of carbonyl (C=O) groups is 1. The van der Waals surface area contributed by atoms with E-state index in [9.17, 15) is 4.79 Å². The molecule has 1 fully saturated rings. The molecule has 1 aliphatic rings. The highest BCUT2D eigenvalue weighted by molar-refractivity contribution is 5.91. The van der Waals surface area contributed by atoms with Crippen molar-refractivity contribution in [2.75, 3.05) is 44.6 Å². The maximum Gasteiger partial charge on any atom is 0.321 e. The number of aromatic nitrogens is 3. The van der Waals surface area contributed by atoms with Gasteiger partial charge in [0, 0.05) is 44.2 Å². The number of fused-ring (bicyclic) bond motifs is 1. The number of rotatable bonds is 6. The number of pyridine rings is 1.